The molecule has 2 nitrogen and oxygen atoms in total. The Balaban J connectivity index is 1.85. The summed E-state index contributed by atoms with van der Waals surface area (Å²) in [6.07, 6.45) is 0. The molecular formula is C18H25NOS. The average Bonchev–Trinajstić information content (AvgIpc) is 2.92. The van der Waals surface area contributed by atoms with Crippen LogP contribution in [-0.4, -0.2) is 13.2 Å². The molecule has 1 aromatic carbocycles. The Morgan fingerprint density at radius 3 is 2.67 bits per heavy atom. The molecule has 114 valence electrons. The van der Waals surface area contributed by atoms with Crippen LogP contribution in [0.4, 0.5) is 0 Å². The molecule has 0 bridgehead atoms. The van der Waals surface area contributed by atoms with Crippen LogP contribution in [-0.2, 0) is 12.0 Å². The molecule has 1 heterocycles. The van der Waals surface area contributed by atoms with Crippen LogP contribution in [0.5, 0.6) is 5.75 Å². The Hall–Kier alpha value is -1.32. The van der Waals surface area contributed by atoms with Crippen LogP contribution < -0.4 is 10.1 Å². The van der Waals surface area contributed by atoms with Gasteiger partial charge in [-0.15, -0.1) is 11.3 Å². The summed E-state index contributed by atoms with van der Waals surface area (Å²) in [5.41, 5.74) is 2.66. The largest absolute Gasteiger partial charge is 0.492 e. The molecule has 2 rings (SSSR count). The molecular weight excluding hydrogens is 278 g/mol. The van der Waals surface area contributed by atoms with Crippen LogP contribution in [0.25, 0.3) is 0 Å². The van der Waals surface area contributed by atoms with E-state index in [0.717, 1.165) is 18.8 Å². The number of benzene rings is 1. The fraction of sp³-hybridized carbons (Fsp3) is 0.444. The van der Waals surface area contributed by atoms with E-state index in [4.69, 9.17) is 4.74 Å². The number of nitrogens with one attached hydrogen (secondary N) is 1. The van der Waals surface area contributed by atoms with Crippen LogP contribution >= 0.6 is 11.3 Å². The van der Waals surface area contributed by atoms with Crippen molar-refractivity contribution in [3.8, 4) is 5.75 Å². The summed E-state index contributed by atoms with van der Waals surface area (Å²) in [5.74, 6) is 1.01. The predicted molar refractivity (Wildman–Crippen MR) is 91.4 cm³/mol. The third kappa shape index (κ3) is 4.87. The minimum atomic E-state index is 0.103. The van der Waals surface area contributed by atoms with Gasteiger partial charge in [0.05, 0.1) is 0 Å². The molecule has 3 heteroatoms. The molecule has 1 aromatic heterocycles. The van der Waals surface area contributed by atoms with Gasteiger partial charge in [-0.25, -0.2) is 0 Å². The average molecular weight is 303 g/mol. The summed E-state index contributed by atoms with van der Waals surface area (Å²) >= 11 is 1.78. The third-order valence-corrected chi connectivity index (χ3v) is 4.24. The number of hydrogen-bond donors (Lipinski definition) is 1. The van der Waals surface area contributed by atoms with E-state index < -0.39 is 0 Å². The summed E-state index contributed by atoms with van der Waals surface area (Å²) in [6.45, 7) is 11.3. The Morgan fingerprint density at radius 1 is 1.19 bits per heavy atom. The fourth-order valence-electron chi connectivity index (χ4n) is 2.21. The van der Waals surface area contributed by atoms with Gasteiger partial charge in [0.25, 0.3) is 0 Å². The standard InChI is InChI=1S/C18H25NOS/c1-14-7-8-17(16(12-14)18(2,3)4)20-10-9-19-13-15-6-5-11-21-15/h5-8,11-12,19H,9-10,13H2,1-4H3. The van der Waals surface area contributed by atoms with Crippen molar-refractivity contribution in [2.75, 3.05) is 13.2 Å². The zero-order chi connectivity index (χ0) is 15.3. The van der Waals surface area contributed by atoms with Crippen molar-refractivity contribution >= 4 is 11.3 Å². The van der Waals surface area contributed by atoms with Crippen molar-refractivity contribution in [2.24, 2.45) is 0 Å². The van der Waals surface area contributed by atoms with Crippen molar-refractivity contribution in [2.45, 2.75) is 39.7 Å². The lowest BCUT2D eigenvalue weighted by Gasteiger charge is -2.23. The SMILES string of the molecule is Cc1ccc(OCCNCc2cccs2)c(C(C)(C)C)c1. The summed E-state index contributed by atoms with van der Waals surface area (Å²) in [5, 5.41) is 5.52. The first-order valence-electron chi connectivity index (χ1n) is 7.44. The monoisotopic (exact) mass is 303 g/mol. The second-order valence-corrected chi connectivity index (χ2v) is 7.39. The van der Waals surface area contributed by atoms with E-state index in [2.05, 4.69) is 68.7 Å². The van der Waals surface area contributed by atoms with E-state index in [0.29, 0.717) is 6.61 Å². The highest BCUT2D eigenvalue weighted by Crippen LogP contribution is 2.32. The second kappa shape index (κ2) is 7.10. The molecule has 0 saturated heterocycles. The second-order valence-electron chi connectivity index (χ2n) is 6.35. The van der Waals surface area contributed by atoms with Crippen LogP contribution in [0.1, 0.15) is 36.8 Å². The number of hydrogen-bond acceptors (Lipinski definition) is 3. The van der Waals surface area contributed by atoms with Crippen LogP contribution in [0.2, 0.25) is 0 Å². The normalized spacial score (nSPS) is 11.6. The first-order valence-corrected chi connectivity index (χ1v) is 8.32. The number of thiophene rings is 1. The van der Waals surface area contributed by atoms with E-state index in [1.807, 2.05) is 0 Å². The third-order valence-electron chi connectivity index (χ3n) is 3.36. The molecule has 0 unspecified atom stereocenters. The highest BCUT2D eigenvalue weighted by atomic mass is 32.1. The van der Waals surface area contributed by atoms with Crippen molar-refractivity contribution in [3.63, 3.8) is 0 Å². The molecule has 0 fully saturated rings. The highest BCUT2D eigenvalue weighted by molar-refractivity contribution is 7.09. The molecule has 0 radical (unpaired) electrons. The Morgan fingerprint density at radius 2 is 2.00 bits per heavy atom. The van der Waals surface area contributed by atoms with E-state index in [9.17, 15) is 0 Å². The summed E-state index contributed by atoms with van der Waals surface area (Å²) in [7, 11) is 0. The number of aryl methyl sites for hydroxylation is 1. The van der Waals surface area contributed by atoms with Gasteiger partial charge in [0, 0.05) is 18.0 Å². The van der Waals surface area contributed by atoms with Gasteiger partial charge in [-0.2, -0.15) is 0 Å². The van der Waals surface area contributed by atoms with Gasteiger partial charge in [0.1, 0.15) is 12.4 Å². The molecule has 21 heavy (non-hydrogen) atoms. The lowest BCUT2D eigenvalue weighted by atomic mass is 9.85. The molecule has 0 saturated carbocycles. The summed E-state index contributed by atoms with van der Waals surface area (Å²) < 4.78 is 5.98. The summed E-state index contributed by atoms with van der Waals surface area (Å²) in [4.78, 5) is 1.36. The first kappa shape index (κ1) is 16.1. The van der Waals surface area contributed by atoms with Gasteiger partial charge in [-0.05, 0) is 35.4 Å². The Kier molecular flexibility index (Phi) is 5.43. The van der Waals surface area contributed by atoms with Gasteiger partial charge in [-0.3, -0.25) is 0 Å². The van der Waals surface area contributed by atoms with E-state index in [1.54, 1.807) is 11.3 Å². The maximum Gasteiger partial charge on any atom is 0.123 e. The van der Waals surface area contributed by atoms with Crippen LogP contribution in [0, 0.1) is 6.92 Å². The molecule has 1 N–H and O–H groups in total. The number of ether oxygens (including phenoxy) is 1. The molecule has 0 amide bonds. The van der Waals surface area contributed by atoms with Crippen molar-refractivity contribution in [3.05, 3.63) is 51.7 Å². The quantitative estimate of drug-likeness (QED) is 0.792. The van der Waals surface area contributed by atoms with E-state index >= 15 is 0 Å². The smallest absolute Gasteiger partial charge is 0.123 e. The van der Waals surface area contributed by atoms with E-state index in [-0.39, 0.29) is 5.41 Å². The molecule has 0 spiro atoms. The summed E-state index contributed by atoms with van der Waals surface area (Å²) in [6, 6.07) is 10.7. The van der Waals surface area contributed by atoms with Gasteiger partial charge in [-0.1, -0.05) is 44.5 Å². The Labute approximate surface area is 132 Å². The van der Waals surface area contributed by atoms with Crippen molar-refractivity contribution < 1.29 is 4.74 Å². The maximum atomic E-state index is 5.98. The zero-order valence-electron chi connectivity index (χ0n) is 13.4. The molecule has 0 atom stereocenters. The zero-order valence-corrected chi connectivity index (χ0v) is 14.2. The lowest BCUT2D eigenvalue weighted by Crippen LogP contribution is -2.21. The van der Waals surface area contributed by atoms with Crippen LogP contribution in [0.15, 0.2) is 35.7 Å². The fourth-order valence-corrected chi connectivity index (χ4v) is 2.89. The minimum Gasteiger partial charge on any atom is -0.492 e. The first-order chi connectivity index (χ1) is 9.97. The van der Waals surface area contributed by atoms with E-state index in [1.165, 1.54) is 16.0 Å². The topological polar surface area (TPSA) is 21.3 Å². The van der Waals surface area contributed by atoms with Gasteiger partial charge in [0.2, 0.25) is 0 Å². The van der Waals surface area contributed by atoms with Crippen molar-refractivity contribution in [1.82, 2.24) is 5.32 Å². The Bertz CT molecular complexity index is 555. The van der Waals surface area contributed by atoms with Crippen LogP contribution in [0.3, 0.4) is 0 Å². The molecule has 2 aromatic rings. The number of rotatable bonds is 6. The van der Waals surface area contributed by atoms with Gasteiger partial charge in [0.15, 0.2) is 0 Å². The lowest BCUT2D eigenvalue weighted by molar-refractivity contribution is 0.305. The van der Waals surface area contributed by atoms with Gasteiger partial charge >= 0.3 is 0 Å². The maximum absolute atomic E-state index is 5.98. The highest BCUT2D eigenvalue weighted by Gasteiger charge is 2.18. The molecule has 0 aliphatic rings. The predicted octanol–water partition coefficient (Wildman–Crippen LogP) is 4.52. The van der Waals surface area contributed by atoms with Crippen molar-refractivity contribution in [1.29, 1.82) is 0 Å². The van der Waals surface area contributed by atoms with Gasteiger partial charge < -0.3 is 10.1 Å². The molecule has 0 aliphatic carbocycles. The minimum absolute atomic E-state index is 0.103. The molecule has 0 aliphatic heterocycles.